The third-order valence-electron chi connectivity index (χ3n) is 2.47. The van der Waals surface area contributed by atoms with E-state index in [1.165, 1.54) is 5.39 Å². The molecule has 0 aliphatic heterocycles. The lowest BCUT2D eigenvalue weighted by molar-refractivity contribution is 0.468. The second kappa shape index (κ2) is 4.83. The van der Waals surface area contributed by atoms with Crippen molar-refractivity contribution < 1.29 is 5.11 Å². The van der Waals surface area contributed by atoms with Crippen molar-refractivity contribution in [3.8, 4) is 5.75 Å². The van der Waals surface area contributed by atoms with Crippen molar-refractivity contribution in [1.82, 2.24) is 0 Å². The van der Waals surface area contributed by atoms with Gasteiger partial charge in [0.25, 0.3) is 0 Å². The van der Waals surface area contributed by atoms with Crippen LogP contribution in [0.15, 0.2) is 30.3 Å². The molecule has 0 aromatic heterocycles. The highest BCUT2D eigenvalue weighted by molar-refractivity contribution is 5.88. The van der Waals surface area contributed by atoms with E-state index in [1.807, 2.05) is 52.0 Å². The molecule has 0 spiro atoms. The molecule has 0 aliphatic carbocycles. The Labute approximate surface area is 91.4 Å². The Kier molecular flexibility index (Phi) is 3.73. The predicted molar refractivity (Wildman–Crippen MR) is 66.4 cm³/mol. The molecule has 1 nitrogen and oxygen atoms in total. The molecule has 0 unspecified atom stereocenters. The normalized spacial score (nSPS) is 9.60. The van der Waals surface area contributed by atoms with Crippen LogP contribution in [0.3, 0.4) is 0 Å². The molecule has 0 bridgehead atoms. The zero-order chi connectivity index (χ0) is 11.4. The number of rotatable bonds is 0. The first kappa shape index (κ1) is 11.6. The van der Waals surface area contributed by atoms with Gasteiger partial charge in [-0.1, -0.05) is 38.1 Å². The van der Waals surface area contributed by atoms with E-state index in [4.69, 9.17) is 0 Å². The van der Waals surface area contributed by atoms with Crippen LogP contribution in [0.25, 0.3) is 10.8 Å². The molecule has 0 atom stereocenters. The Hall–Kier alpha value is -1.50. The average Bonchev–Trinajstić information content (AvgIpc) is 2.29. The van der Waals surface area contributed by atoms with Gasteiger partial charge in [-0.15, -0.1) is 0 Å². The van der Waals surface area contributed by atoms with E-state index >= 15 is 0 Å². The first-order valence-electron chi connectivity index (χ1n) is 5.38. The minimum Gasteiger partial charge on any atom is -0.507 e. The molecule has 2 aromatic carbocycles. The van der Waals surface area contributed by atoms with Crippen LogP contribution in [-0.4, -0.2) is 5.11 Å². The number of aryl methyl sites for hydroxylation is 2. The van der Waals surface area contributed by atoms with Crippen LogP contribution in [0.1, 0.15) is 25.0 Å². The fourth-order valence-electron chi connectivity index (χ4n) is 1.69. The van der Waals surface area contributed by atoms with Gasteiger partial charge in [-0.3, -0.25) is 0 Å². The van der Waals surface area contributed by atoms with Crippen LogP contribution >= 0.6 is 0 Å². The Morgan fingerprint density at radius 3 is 2.27 bits per heavy atom. The molecule has 2 rings (SSSR count). The predicted octanol–water partition coefficient (Wildman–Crippen LogP) is 4.19. The average molecular weight is 202 g/mol. The fraction of sp³-hybridized carbons (Fsp3) is 0.286. The van der Waals surface area contributed by atoms with Crippen molar-refractivity contribution in [2.45, 2.75) is 27.7 Å². The van der Waals surface area contributed by atoms with Gasteiger partial charge >= 0.3 is 0 Å². The van der Waals surface area contributed by atoms with Gasteiger partial charge in [0.15, 0.2) is 0 Å². The summed E-state index contributed by atoms with van der Waals surface area (Å²) in [6.07, 6.45) is 0. The summed E-state index contributed by atoms with van der Waals surface area (Å²) in [6, 6.07) is 10.1. The molecule has 2 aromatic rings. The lowest BCUT2D eigenvalue weighted by atomic mass is 10.0. The van der Waals surface area contributed by atoms with Gasteiger partial charge in [-0.2, -0.15) is 0 Å². The first-order valence-corrected chi connectivity index (χ1v) is 5.38. The van der Waals surface area contributed by atoms with Crippen LogP contribution in [0, 0.1) is 13.8 Å². The summed E-state index contributed by atoms with van der Waals surface area (Å²) in [7, 11) is 0. The summed E-state index contributed by atoms with van der Waals surface area (Å²) in [4.78, 5) is 0. The molecule has 1 N–H and O–H groups in total. The molecule has 15 heavy (non-hydrogen) atoms. The van der Waals surface area contributed by atoms with E-state index in [0.717, 1.165) is 16.5 Å². The number of hydrogen-bond donors (Lipinski definition) is 1. The molecule has 0 heterocycles. The minimum atomic E-state index is 0.415. The van der Waals surface area contributed by atoms with Crippen molar-refractivity contribution in [2.75, 3.05) is 0 Å². The summed E-state index contributed by atoms with van der Waals surface area (Å²) in [6.45, 7) is 7.87. The Bertz CT molecular complexity index is 458. The smallest absolute Gasteiger partial charge is 0.122 e. The molecular formula is C14H18O. The number of fused-ring (bicyclic) bond motifs is 1. The highest BCUT2D eigenvalue weighted by Crippen LogP contribution is 2.29. The number of phenols is 1. The molecule has 0 aliphatic rings. The monoisotopic (exact) mass is 202 g/mol. The zero-order valence-corrected chi connectivity index (χ0v) is 9.83. The molecule has 80 valence electrons. The third kappa shape index (κ3) is 2.12. The largest absolute Gasteiger partial charge is 0.507 e. The van der Waals surface area contributed by atoms with Crippen LogP contribution in [0.2, 0.25) is 0 Å². The molecule has 0 radical (unpaired) electrons. The highest BCUT2D eigenvalue weighted by Gasteiger charge is 2.04. The Balaban J connectivity index is 0.000000531. The molecule has 0 saturated carbocycles. The summed E-state index contributed by atoms with van der Waals surface area (Å²) in [5, 5.41) is 12.0. The second-order valence-electron chi connectivity index (χ2n) is 3.39. The summed E-state index contributed by atoms with van der Waals surface area (Å²) < 4.78 is 0. The minimum absolute atomic E-state index is 0.415. The summed E-state index contributed by atoms with van der Waals surface area (Å²) in [5.41, 5.74) is 1.91. The summed E-state index contributed by atoms with van der Waals surface area (Å²) in [5.74, 6) is 0.415. The first-order chi connectivity index (χ1) is 7.20. The quantitative estimate of drug-likeness (QED) is 0.679. The Morgan fingerprint density at radius 1 is 1.00 bits per heavy atom. The lowest BCUT2D eigenvalue weighted by Gasteiger charge is -2.07. The summed E-state index contributed by atoms with van der Waals surface area (Å²) >= 11 is 0. The van der Waals surface area contributed by atoms with Gasteiger partial charge in [0, 0.05) is 0 Å². The zero-order valence-electron chi connectivity index (χ0n) is 9.83. The van der Waals surface area contributed by atoms with Crippen LogP contribution in [0.4, 0.5) is 0 Å². The topological polar surface area (TPSA) is 20.2 Å². The third-order valence-corrected chi connectivity index (χ3v) is 2.47. The maximum atomic E-state index is 9.70. The van der Waals surface area contributed by atoms with Crippen molar-refractivity contribution in [1.29, 1.82) is 0 Å². The molecular weight excluding hydrogens is 184 g/mol. The van der Waals surface area contributed by atoms with E-state index in [1.54, 1.807) is 0 Å². The maximum absolute atomic E-state index is 9.70. The van der Waals surface area contributed by atoms with Crippen molar-refractivity contribution in [2.24, 2.45) is 0 Å². The van der Waals surface area contributed by atoms with Crippen molar-refractivity contribution in [3.05, 3.63) is 41.5 Å². The van der Waals surface area contributed by atoms with Crippen LogP contribution < -0.4 is 0 Å². The van der Waals surface area contributed by atoms with Gasteiger partial charge in [-0.25, -0.2) is 0 Å². The van der Waals surface area contributed by atoms with Gasteiger partial charge in [-0.05, 0) is 41.8 Å². The standard InChI is InChI=1S/C12H12O.C2H6/c1-8-7-10-5-3-4-6-11(10)9(2)12(8)13;1-2/h3-7,13H,1-2H3;1-2H3. The molecule has 0 amide bonds. The molecule has 0 saturated heterocycles. The maximum Gasteiger partial charge on any atom is 0.122 e. The van der Waals surface area contributed by atoms with Crippen molar-refractivity contribution >= 4 is 10.8 Å². The lowest BCUT2D eigenvalue weighted by Crippen LogP contribution is -1.83. The van der Waals surface area contributed by atoms with Gasteiger partial charge in [0.05, 0.1) is 0 Å². The van der Waals surface area contributed by atoms with E-state index < -0.39 is 0 Å². The number of aromatic hydroxyl groups is 1. The van der Waals surface area contributed by atoms with Crippen LogP contribution in [0.5, 0.6) is 5.75 Å². The van der Waals surface area contributed by atoms with E-state index in [-0.39, 0.29) is 0 Å². The number of phenolic OH excluding ortho intramolecular Hbond substituents is 1. The van der Waals surface area contributed by atoms with Crippen molar-refractivity contribution in [3.63, 3.8) is 0 Å². The number of benzene rings is 2. The second-order valence-corrected chi connectivity index (χ2v) is 3.39. The fourth-order valence-corrected chi connectivity index (χ4v) is 1.69. The number of hydrogen-bond acceptors (Lipinski definition) is 1. The molecule has 0 fully saturated rings. The van der Waals surface area contributed by atoms with Gasteiger partial charge in [0.2, 0.25) is 0 Å². The SMILES string of the molecule is CC.Cc1cc2ccccc2c(C)c1O. The Morgan fingerprint density at radius 2 is 1.60 bits per heavy atom. The van der Waals surface area contributed by atoms with E-state index in [0.29, 0.717) is 5.75 Å². The van der Waals surface area contributed by atoms with E-state index in [9.17, 15) is 5.11 Å². The highest BCUT2D eigenvalue weighted by atomic mass is 16.3. The molecule has 1 heteroatoms. The van der Waals surface area contributed by atoms with Gasteiger partial charge in [0.1, 0.15) is 5.75 Å². The van der Waals surface area contributed by atoms with E-state index in [2.05, 4.69) is 6.07 Å². The van der Waals surface area contributed by atoms with Gasteiger partial charge < -0.3 is 5.11 Å². The van der Waals surface area contributed by atoms with Crippen LogP contribution in [-0.2, 0) is 0 Å².